The van der Waals surface area contributed by atoms with Crippen LogP contribution >= 0.6 is 23.1 Å². The molecule has 0 fully saturated rings. The number of carbonyl (C=O) groups is 2. The maximum absolute atomic E-state index is 12.8. The molecule has 0 saturated carbocycles. The quantitative estimate of drug-likeness (QED) is 0.611. The van der Waals surface area contributed by atoms with Gasteiger partial charge in [0.25, 0.3) is 0 Å². The average Bonchev–Trinajstić information content (AvgIpc) is 2.95. The second kappa shape index (κ2) is 8.64. The Morgan fingerprint density at radius 1 is 1.35 bits per heavy atom. The van der Waals surface area contributed by atoms with Gasteiger partial charge in [-0.25, -0.2) is 9.37 Å². The molecule has 8 heteroatoms. The Bertz CT molecular complexity index is 674. The van der Waals surface area contributed by atoms with Crippen LogP contribution in [0.3, 0.4) is 0 Å². The number of aromatic nitrogens is 1. The van der Waals surface area contributed by atoms with Crippen molar-refractivity contribution in [2.75, 3.05) is 17.7 Å². The minimum absolute atomic E-state index is 0.132. The highest BCUT2D eigenvalue weighted by Crippen LogP contribution is 2.23. The number of carbonyl (C=O) groups excluding carboxylic acids is 2. The maximum Gasteiger partial charge on any atom is 0.311 e. The lowest BCUT2D eigenvalue weighted by Gasteiger charge is -2.03. The Kier molecular flexibility index (Phi) is 6.54. The van der Waals surface area contributed by atoms with Gasteiger partial charge in [-0.1, -0.05) is 11.8 Å². The van der Waals surface area contributed by atoms with Crippen molar-refractivity contribution < 1.29 is 18.7 Å². The first kappa shape index (κ1) is 17.4. The van der Waals surface area contributed by atoms with Crippen LogP contribution in [0.1, 0.15) is 12.6 Å². The zero-order valence-corrected chi connectivity index (χ0v) is 14.0. The highest BCUT2D eigenvalue weighted by molar-refractivity contribution is 8.01. The van der Waals surface area contributed by atoms with E-state index in [9.17, 15) is 14.0 Å². The largest absolute Gasteiger partial charge is 0.466 e. The van der Waals surface area contributed by atoms with Gasteiger partial charge in [-0.05, 0) is 31.2 Å². The van der Waals surface area contributed by atoms with E-state index in [1.165, 1.54) is 47.4 Å². The van der Waals surface area contributed by atoms with E-state index in [1.54, 1.807) is 12.3 Å². The van der Waals surface area contributed by atoms with Gasteiger partial charge in [-0.2, -0.15) is 0 Å². The minimum Gasteiger partial charge on any atom is -0.466 e. The lowest BCUT2D eigenvalue weighted by atomic mass is 10.3. The SMILES string of the molecule is CCOC(=O)Cc1csc(SCC(=O)Nc2ccc(F)cc2)n1. The summed E-state index contributed by atoms with van der Waals surface area (Å²) in [4.78, 5) is 27.5. The van der Waals surface area contributed by atoms with Crippen LogP contribution in [0.25, 0.3) is 0 Å². The van der Waals surface area contributed by atoms with Crippen molar-refractivity contribution in [3.8, 4) is 0 Å². The molecule has 1 aromatic carbocycles. The van der Waals surface area contributed by atoms with Crippen LogP contribution in [-0.4, -0.2) is 29.2 Å². The number of nitrogens with one attached hydrogen (secondary N) is 1. The number of anilines is 1. The van der Waals surface area contributed by atoms with E-state index in [-0.39, 0.29) is 29.9 Å². The molecule has 1 aromatic heterocycles. The summed E-state index contributed by atoms with van der Waals surface area (Å²) in [5.74, 6) is -0.689. The van der Waals surface area contributed by atoms with E-state index in [1.807, 2.05) is 0 Å². The van der Waals surface area contributed by atoms with Gasteiger partial charge in [0.1, 0.15) is 5.82 Å². The van der Waals surface area contributed by atoms with Gasteiger partial charge in [0.2, 0.25) is 5.91 Å². The zero-order chi connectivity index (χ0) is 16.7. The third-order valence-corrected chi connectivity index (χ3v) is 4.69. The summed E-state index contributed by atoms with van der Waals surface area (Å²) in [6.45, 7) is 2.09. The third kappa shape index (κ3) is 5.99. The Balaban J connectivity index is 1.79. The van der Waals surface area contributed by atoms with Crippen molar-refractivity contribution in [2.24, 2.45) is 0 Å². The minimum atomic E-state index is -0.353. The van der Waals surface area contributed by atoms with Gasteiger partial charge in [0.15, 0.2) is 4.34 Å². The molecule has 0 atom stereocenters. The summed E-state index contributed by atoms with van der Waals surface area (Å²) in [6, 6.07) is 5.56. The normalized spacial score (nSPS) is 10.3. The second-order valence-corrected chi connectivity index (χ2v) is 6.51. The molecular weight excluding hydrogens is 339 g/mol. The summed E-state index contributed by atoms with van der Waals surface area (Å²) in [7, 11) is 0. The molecule has 2 rings (SSSR count). The summed E-state index contributed by atoms with van der Waals surface area (Å²) < 4.78 is 18.3. The van der Waals surface area contributed by atoms with E-state index in [0.717, 1.165) is 0 Å². The van der Waals surface area contributed by atoms with Crippen LogP contribution in [0.4, 0.5) is 10.1 Å². The summed E-state index contributed by atoms with van der Waals surface area (Å²) in [6.07, 6.45) is 0.132. The van der Waals surface area contributed by atoms with Crippen molar-refractivity contribution in [1.82, 2.24) is 4.98 Å². The first-order valence-corrected chi connectivity index (χ1v) is 8.71. The maximum atomic E-state index is 12.8. The molecule has 0 aliphatic heterocycles. The van der Waals surface area contributed by atoms with Gasteiger partial charge < -0.3 is 10.1 Å². The molecule has 23 heavy (non-hydrogen) atoms. The van der Waals surface area contributed by atoms with E-state index in [4.69, 9.17) is 4.74 Å². The predicted molar refractivity (Wildman–Crippen MR) is 88.2 cm³/mol. The van der Waals surface area contributed by atoms with Crippen molar-refractivity contribution in [3.63, 3.8) is 0 Å². The van der Waals surface area contributed by atoms with E-state index in [0.29, 0.717) is 22.3 Å². The number of esters is 1. The predicted octanol–water partition coefficient (Wildman–Crippen LogP) is 3.12. The van der Waals surface area contributed by atoms with Crippen LogP contribution in [-0.2, 0) is 20.7 Å². The Morgan fingerprint density at radius 2 is 2.09 bits per heavy atom. The second-order valence-electron chi connectivity index (χ2n) is 4.43. The van der Waals surface area contributed by atoms with Crippen LogP contribution in [0.15, 0.2) is 34.0 Å². The van der Waals surface area contributed by atoms with E-state index < -0.39 is 0 Å². The van der Waals surface area contributed by atoms with Crippen LogP contribution in [0.5, 0.6) is 0 Å². The number of nitrogens with zero attached hydrogens (tertiary/aromatic N) is 1. The molecule has 1 amide bonds. The summed E-state index contributed by atoms with van der Waals surface area (Å²) >= 11 is 2.66. The molecule has 1 heterocycles. The number of amides is 1. The van der Waals surface area contributed by atoms with Gasteiger partial charge in [0.05, 0.1) is 24.5 Å². The topological polar surface area (TPSA) is 68.3 Å². The van der Waals surface area contributed by atoms with Gasteiger partial charge in [0, 0.05) is 11.1 Å². The van der Waals surface area contributed by atoms with Crippen molar-refractivity contribution in [1.29, 1.82) is 0 Å². The number of benzene rings is 1. The molecule has 1 N–H and O–H groups in total. The summed E-state index contributed by atoms with van der Waals surface area (Å²) in [5, 5.41) is 4.45. The molecule has 0 radical (unpaired) electrons. The fraction of sp³-hybridized carbons (Fsp3) is 0.267. The van der Waals surface area contributed by atoms with Crippen molar-refractivity contribution in [3.05, 3.63) is 41.2 Å². The van der Waals surface area contributed by atoms with Crippen LogP contribution < -0.4 is 5.32 Å². The molecule has 0 aliphatic carbocycles. The fourth-order valence-corrected chi connectivity index (χ4v) is 3.30. The molecule has 0 unspecified atom stereocenters. The number of thiazole rings is 1. The number of rotatable bonds is 7. The molecule has 0 saturated heterocycles. The molecule has 2 aromatic rings. The first-order chi connectivity index (χ1) is 11.1. The molecule has 5 nitrogen and oxygen atoms in total. The number of halogens is 1. The van der Waals surface area contributed by atoms with Crippen molar-refractivity contribution >= 4 is 40.7 Å². The van der Waals surface area contributed by atoms with E-state index in [2.05, 4.69) is 10.3 Å². The first-order valence-electron chi connectivity index (χ1n) is 6.85. The van der Waals surface area contributed by atoms with Gasteiger partial charge in [-0.3, -0.25) is 9.59 Å². The molecule has 0 bridgehead atoms. The average molecular weight is 354 g/mol. The smallest absolute Gasteiger partial charge is 0.311 e. The van der Waals surface area contributed by atoms with Gasteiger partial charge in [-0.15, -0.1) is 11.3 Å². The van der Waals surface area contributed by atoms with Crippen LogP contribution in [0, 0.1) is 5.82 Å². The standard InChI is InChI=1S/C15H15FN2O3S2/c1-2-21-14(20)7-12-8-22-15(18-12)23-9-13(19)17-11-5-3-10(16)4-6-11/h3-6,8H,2,7,9H2,1H3,(H,17,19). The Hall–Kier alpha value is -1.93. The molecule has 122 valence electrons. The molecule has 0 aliphatic rings. The van der Waals surface area contributed by atoms with Gasteiger partial charge >= 0.3 is 5.97 Å². The molecule has 0 spiro atoms. The number of hydrogen-bond acceptors (Lipinski definition) is 6. The van der Waals surface area contributed by atoms with Crippen molar-refractivity contribution in [2.45, 2.75) is 17.7 Å². The van der Waals surface area contributed by atoms with E-state index >= 15 is 0 Å². The molecular formula is C15H15FN2O3S2. The zero-order valence-electron chi connectivity index (χ0n) is 12.4. The Labute approximate surface area is 141 Å². The van der Waals surface area contributed by atoms with Crippen LogP contribution in [0.2, 0.25) is 0 Å². The fourth-order valence-electron chi connectivity index (χ4n) is 1.65. The number of ether oxygens (including phenoxy) is 1. The lowest BCUT2D eigenvalue weighted by molar-refractivity contribution is -0.142. The number of hydrogen-bond donors (Lipinski definition) is 1. The third-order valence-electron chi connectivity index (χ3n) is 2.62. The monoisotopic (exact) mass is 354 g/mol. The highest BCUT2D eigenvalue weighted by Gasteiger charge is 2.10. The lowest BCUT2D eigenvalue weighted by Crippen LogP contribution is -2.13. The number of thioether (sulfide) groups is 1. The Morgan fingerprint density at radius 3 is 2.78 bits per heavy atom. The highest BCUT2D eigenvalue weighted by atomic mass is 32.2. The summed E-state index contributed by atoms with van der Waals surface area (Å²) in [5.41, 5.74) is 1.18.